The molecule has 2 aliphatic rings. The number of nitrogens with one attached hydrogen (secondary N) is 4. The average molecular weight is 688 g/mol. The van der Waals surface area contributed by atoms with E-state index in [1.54, 1.807) is 31.2 Å². The number of carbonyl (C=O) groups excluding carboxylic acids is 5. The van der Waals surface area contributed by atoms with Crippen LogP contribution in [-0.4, -0.2) is 72.8 Å². The molecule has 3 atom stereocenters. The number of hydrogen-bond acceptors (Lipinski definition) is 6. The number of amides is 5. The third kappa shape index (κ3) is 10.4. The summed E-state index contributed by atoms with van der Waals surface area (Å²) in [5.41, 5.74) is 1.60. The van der Waals surface area contributed by atoms with E-state index in [0.717, 1.165) is 5.56 Å². The van der Waals surface area contributed by atoms with Crippen molar-refractivity contribution in [3.8, 4) is 5.75 Å². The molecule has 0 fully saturated rings. The Bertz CT molecular complexity index is 1650. The van der Waals surface area contributed by atoms with Crippen molar-refractivity contribution < 1.29 is 33.1 Å². The van der Waals surface area contributed by atoms with E-state index < -0.39 is 53.5 Å². The summed E-state index contributed by atoms with van der Waals surface area (Å²) in [6, 6.07) is 17.1. The number of nitrogens with zero attached hydrogens (tertiary/aromatic N) is 1. The Labute approximate surface area is 292 Å². The number of rotatable bonds is 6. The summed E-state index contributed by atoms with van der Waals surface area (Å²) < 4.78 is 20.2. The predicted octanol–water partition coefficient (Wildman–Crippen LogP) is 3.76. The van der Waals surface area contributed by atoms with Gasteiger partial charge < -0.3 is 30.9 Å². The SMILES string of the molecule is COc1cccc(F)c1C(=O)N1CCCCNC(=O)[C@@H](C)NC(=O)[C@H](CC(C)C)NC(=O)[C@@H](Cc2ccccc2)NC(=O)c2ccc(cc2)C1. The lowest BCUT2D eigenvalue weighted by atomic mass is 10.0. The minimum absolute atomic E-state index is 0.0382. The van der Waals surface area contributed by atoms with Crippen molar-refractivity contribution in [2.45, 2.75) is 71.1 Å². The monoisotopic (exact) mass is 687 g/mol. The fourth-order valence-corrected chi connectivity index (χ4v) is 5.72. The molecule has 12 heteroatoms. The van der Waals surface area contributed by atoms with Gasteiger partial charge in [-0.25, -0.2) is 4.39 Å². The highest BCUT2D eigenvalue weighted by molar-refractivity contribution is 5.99. The fourth-order valence-electron chi connectivity index (χ4n) is 5.72. The highest BCUT2D eigenvalue weighted by Crippen LogP contribution is 2.24. The number of carbonyl (C=O) groups is 5. The van der Waals surface area contributed by atoms with Gasteiger partial charge in [0.15, 0.2) is 0 Å². The smallest absolute Gasteiger partial charge is 0.260 e. The fraction of sp³-hybridized carbons (Fsp3) is 0.395. The number of benzene rings is 3. The maximum Gasteiger partial charge on any atom is 0.260 e. The Kier molecular flexibility index (Phi) is 13.5. The molecule has 0 unspecified atom stereocenters. The van der Waals surface area contributed by atoms with Gasteiger partial charge in [-0.2, -0.15) is 0 Å². The van der Waals surface area contributed by atoms with E-state index in [9.17, 15) is 28.4 Å². The summed E-state index contributed by atoms with van der Waals surface area (Å²) >= 11 is 0. The molecule has 266 valence electrons. The van der Waals surface area contributed by atoms with Crippen LogP contribution in [0, 0.1) is 11.7 Å². The van der Waals surface area contributed by atoms with Gasteiger partial charge >= 0.3 is 0 Å². The molecule has 0 saturated heterocycles. The Morgan fingerprint density at radius 1 is 0.860 bits per heavy atom. The molecule has 3 aromatic rings. The molecule has 2 heterocycles. The van der Waals surface area contributed by atoms with Crippen LogP contribution >= 0.6 is 0 Å². The van der Waals surface area contributed by atoms with Gasteiger partial charge in [-0.15, -0.1) is 0 Å². The minimum Gasteiger partial charge on any atom is -0.496 e. The Hall–Kier alpha value is -5.26. The van der Waals surface area contributed by atoms with Gasteiger partial charge in [0, 0.05) is 31.6 Å². The highest BCUT2D eigenvalue weighted by atomic mass is 19.1. The first kappa shape index (κ1) is 37.6. The lowest BCUT2D eigenvalue weighted by molar-refractivity contribution is -0.132. The van der Waals surface area contributed by atoms with Gasteiger partial charge in [0.1, 0.15) is 35.3 Å². The van der Waals surface area contributed by atoms with E-state index in [4.69, 9.17) is 4.74 Å². The summed E-state index contributed by atoms with van der Waals surface area (Å²) in [4.78, 5) is 68.8. The van der Waals surface area contributed by atoms with Crippen LogP contribution in [-0.2, 0) is 27.3 Å². The van der Waals surface area contributed by atoms with Crippen LogP contribution in [0.15, 0.2) is 72.8 Å². The number of methoxy groups -OCH3 is 1. The molecular weight excluding hydrogens is 641 g/mol. The standard InChI is InChI=1S/C38H46FN5O6/c1-24(2)21-30-36(47)41-25(3)34(45)40-19-8-9-20-44(38(49)33-29(39)13-10-14-32(33)50-4)23-27-15-17-28(18-16-27)35(46)42-31(37(48)43-30)22-26-11-6-5-7-12-26/h5-7,10-18,24-25,30-31H,8-9,19-23H2,1-4H3,(H,40,45)(H,41,47)(H,42,46)(H,43,48)/t25-,30+,31-/m1/s1. The van der Waals surface area contributed by atoms with Crippen LogP contribution in [0.1, 0.15) is 71.9 Å². The van der Waals surface area contributed by atoms with Gasteiger partial charge in [0.2, 0.25) is 17.7 Å². The van der Waals surface area contributed by atoms with Crippen molar-refractivity contribution in [1.29, 1.82) is 0 Å². The molecule has 0 spiro atoms. The average Bonchev–Trinajstić information content (AvgIpc) is 3.09. The normalized spacial score (nSPS) is 19.9. The first-order valence-electron chi connectivity index (χ1n) is 16.9. The molecule has 2 bridgehead atoms. The van der Waals surface area contributed by atoms with Crippen LogP contribution in [0.2, 0.25) is 0 Å². The van der Waals surface area contributed by atoms with E-state index in [-0.39, 0.29) is 48.8 Å². The molecule has 5 amide bonds. The molecule has 0 aromatic heterocycles. The van der Waals surface area contributed by atoms with Crippen molar-refractivity contribution in [2.75, 3.05) is 20.2 Å². The molecule has 50 heavy (non-hydrogen) atoms. The zero-order valence-electron chi connectivity index (χ0n) is 29.0. The number of fused-ring (bicyclic) bond motifs is 18. The second-order valence-corrected chi connectivity index (χ2v) is 12.9. The zero-order chi connectivity index (χ0) is 36.2. The van der Waals surface area contributed by atoms with E-state index in [2.05, 4.69) is 21.3 Å². The summed E-state index contributed by atoms with van der Waals surface area (Å²) in [5.74, 6) is -3.09. The first-order chi connectivity index (χ1) is 24.0. The van der Waals surface area contributed by atoms with Crippen LogP contribution in [0.25, 0.3) is 0 Å². The Morgan fingerprint density at radius 3 is 2.24 bits per heavy atom. The van der Waals surface area contributed by atoms with E-state index >= 15 is 0 Å². The molecule has 4 N–H and O–H groups in total. The summed E-state index contributed by atoms with van der Waals surface area (Å²) in [6.45, 7) is 6.03. The third-order valence-electron chi connectivity index (χ3n) is 8.44. The van der Waals surface area contributed by atoms with E-state index in [0.29, 0.717) is 24.8 Å². The van der Waals surface area contributed by atoms with E-state index in [1.165, 1.54) is 30.2 Å². The quantitative estimate of drug-likeness (QED) is 0.291. The van der Waals surface area contributed by atoms with Crippen LogP contribution in [0.3, 0.4) is 0 Å². The maximum absolute atomic E-state index is 14.9. The lowest BCUT2D eigenvalue weighted by Gasteiger charge is -2.25. The van der Waals surface area contributed by atoms with Crippen LogP contribution in [0.5, 0.6) is 5.75 Å². The van der Waals surface area contributed by atoms with Gasteiger partial charge in [0.05, 0.1) is 7.11 Å². The van der Waals surface area contributed by atoms with E-state index in [1.807, 2.05) is 44.2 Å². The molecule has 0 aliphatic carbocycles. The molecule has 2 aliphatic heterocycles. The Balaban J connectivity index is 1.65. The summed E-state index contributed by atoms with van der Waals surface area (Å²) in [5, 5.41) is 11.2. The number of halogens is 1. The topological polar surface area (TPSA) is 146 Å². The van der Waals surface area contributed by atoms with Crippen molar-refractivity contribution in [1.82, 2.24) is 26.2 Å². The second-order valence-electron chi connectivity index (χ2n) is 12.9. The van der Waals surface area contributed by atoms with Crippen molar-refractivity contribution in [2.24, 2.45) is 5.92 Å². The summed E-state index contributed by atoms with van der Waals surface area (Å²) in [7, 11) is 1.37. The third-order valence-corrected chi connectivity index (χ3v) is 8.44. The summed E-state index contributed by atoms with van der Waals surface area (Å²) in [6.07, 6.45) is 1.46. The first-order valence-corrected chi connectivity index (χ1v) is 16.9. The zero-order valence-corrected chi connectivity index (χ0v) is 29.0. The van der Waals surface area contributed by atoms with Gasteiger partial charge in [-0.1, -0.05) is 62.4 Å². The number of hydrogen-bond donors (Lipinski definition) is 4. The number of ether oxygens (including phenoxy) is 1. The minimum atomic E-state index is -1.02. The van der Waals surface area contributed by atoms with Crippen LogP contribution in [0.4, 0.5) is 4.39 Å². The predicted molar refractivity (Wildman–Crippen MR) is 187 cm³/mol. The lowest BCUT2D eigenvalue weighted by Crippen LogP contribution is -2.57. The van der Waals surface area contributed by atoms with Gasteiger partial charge in [-0.05, 0) is 67.5 Å². The van der Waals surface area contributed by atoms with Gasteiger partial charge in [0.25, 0.3) is 11.8 Å². The molecule has 11 nitrogen and oxygen atoms in total. The second kappa shape index (κ2) is 17.9. The Morgan fingerprint density at radius 2 is 1.56 bits per heavy atom. The highest BCUT2D eigenvalue weighted by Gasteiger charge is 2.30. The molecular formula is C38H46FN5O6. The largest absolute Gasteiger partial charge is 0.496 e. The van der Waals surface area contributed by atoms with Crippen molar-refractivity contribution >= 4 is 29.5 Å². The molecule has 0 radical (unpaired) electrons. The van der Waals surface area contributed by atoms with Crippen molar-refractivity contribution in [3.63, 3.8) is 0 Å². The van der Waals surface area contributed by atoms with Crippen molar-refractivity contribution in [3.05, 3.63) is 101 Å². The molecule has 0 saturated carbocycles. The molecule has 3 aromatic carbocycles. The van der Waals surface area contributed by atoms with Gasteiger partial charge in [-0.3, -0.25) is 24.0 Å². The van der Waals surface area contributed by atoms with Crippen LogP contribution < -0.4 is 26.0 Å². The maximum atomic E-state index is 14.9. The molecule has 5 rings (SSSR count).